The van der Waals surface area contributed by atoms with E-state index in [1.54, 1.807) is 18.3 Å². The van der Waals surface area contributed by atoms with Crippen LogP contribution in [0.1, 0.15) is 17.2 Å². The summed E-state index contributed by atoms with van der Waals surface area (Å²) in [5, 5.41) is 0. The number of sulfone groups is 1. The van der Waals surface area contributed by atoms with Crippen LogP contribution in [0.15, 0.2) is 76.9 Å². The van der Waals surface area contributed by atoms with Crippen LogP contribution < -0.4 is 0 Å². The van der Waals surface area contributed by atoms with E-state index in [0.717, 1.165) is 16.8 Å². The van der Waals surface area contributed by atoms with Crippen LogP contribution in [0.25, 0.3) is 0 Å². The number of nitrogens with zero attached hydrogens (tertiary/aromatic N) is 3. The van der Waals surface area contributed by atoms with E-state index in [-0.39, 0.29) is 6.04 Å². The van der Waals surface area contributed by atoms with Crippen LogP contribution in [0.4, 0.5) is 5.95 Å². The molecule has 24 heavy (non-hydrogen) atoms. The lowest BCUT2D eigenvalue weighted by atomic mass is 9.97. The fourth-order valence-electron chi connectivity index (χ4n) is 2.94. The first-order valence-corrected chi connectivity index (χ1v) is 9.40. The zero-order valence-electron chi connectivity index (χ0n) is 13.0. The lowest BCUT2D eigenvalue weighted by Crippen LogP contribution is -2.16. The molecule has 1 atom stereocenters. The summed E-state index contributed by atoms with van der Waals surface area (Å²) in [7, 11) is -3.21. The highest BCUT2D eigenvalue weighted by Gasteiger charge is 2.29. The highest BCUT2D eigenvalue weighted by molar-refractivity contribution is 7.90. The van der Waals surface area contributed by atoms with Gasteiger partial charge >= 0.3 is 0 Å². The van der Waals surface area contributed by atoms with Crippen molar-refractivity contribution in [1.29, 1.82) is 0 Å². The summed E-state index contributed by atoms with van der Waals surface area (Å²) in [5.41, 5.74) is 2.91. The van der Waals surface area contributed by atoms with Crippen molar-refractivity contribution < 1.29 is 8.42 Å². The molecule has 2 aromatic carbocycles. The van der Waals surface area contributed by atoms with E-state index >= 15 is 0 Å². The van der Waals surface area contributed by atoms with Crippen molar-refractivity contribution in [1.82, 2.24) is 9.55 Å². The molecule has 1 aromatic heterocycles. The van der Waals surface area contributed by atoms with Crippen molar-refractivity contribution in [3.05, 3.63) is 78.1 Å². The van der Waals surface area contributed by atoms with Crippen LogP contribution in [-0.2, 0) is 9.84 Å². The molecule has 0 amide bonds. The molecule has 0 bridgehead atoms. The van der Waals surface area contributed by atoms with Gasteiger partial charge in [0.05, 0.1) is 10.6 Å². The highest BCUT2D eigenvalue weighted by Crippen LogP contribution is 2.34. The van der Waals surface area contributed by atoms with Crippen molar-refractivity contribution in [2.45, 2.75) is 10.9 Å². The number of imidazole rings is 1. The van der Waals surface area contributed by atoms with Crippen molar-refractivity contribution in [2.75, 3.05) is 6.26 Å². The first-order valence-electron chi connectivity index (χ1n) is 7.51. The van der Waals surface area contributed by atoms with Crippen LogP contribution >= 0.6 is 0 Å². The smallest absolute Gasteiger partial charge is 0.230 e. The number of fused-ring (bicyclic) bond motifs is 1. The van der Waals surface area contributed by atoms with Crippen LogP contribution in [0.3, 0.4) is 0 Å². The monoisotopic (exact) mass is 337 g/mol. The second-order valence-corrected chi connectivity index (χ2v) is 7.76. The number of rotatable bonds is 3. The van der Waals surface area contributed by atoms with Gasteiger partial charge in [0.1, 0.15) is 6.04 Å². The summed E-state index contributed by atoms with van der Waals surface area (Å²) in [5.74, 6) is 0.658. The predicted molar refractivity (Wildman–Crippen MR) is 92.6 cm³/mol. The standard InChI is InChI=1S/C18H15N3O2S/c1-24(22,23)15-9-7-14(8-10-15)17-16(13-5-3-2-4-6-13)20-18-19-11-12-21(17)18/h2-12,17H,1H3. The maximum atomic E-state index is 11.7. The largest absolute Gasteiger partial charge is 0.302 e. The van der Waals surface area contributed by atoms with Gasteiger partial charge in [-0.05, 0) is 23.3 Å². The molecule has 0 spiro atoms. The third-order valence-electron chi connectivity index (χ3n) is 4.10. The van der Waals surface area contributed by atoms with Gasteiger partial charge in [0, 0.05) is 18.6 Å². The molecule has 0 radical (unpaired) electrons. The van der Waals surface area contributed by atoms with Gasteiger partial charge in [0.15, 0.2) is 9.84 Å². The van der Waals surface area contributed by atoms with Crippen LogP contribution in [0, 0.1) is 0 Å². The molecule has 0 fully saturated rings. The Morgan fingerprint density at radius 2 is 1.71 bits per heavy atom. The van der Waals surface area contributed by atoms with Gasteiger partial charge in [-0.2, -0.15) is 0 Å². The summed E-state index contributed by atoms with van der Waals surface area (Å²) in [6.45, 7) is 0. The lowest BCUT2D eigenvalue weighted by Gasteiger charge is -2.17. The molecular formula is C18H15N3O2S. The topological polar surface area (TPSA) is 64.3 Å². The molecule has 1 unspecified atom stereocenters. The molecule has 0 saturated heterocycles. The Bertz CT molecular complexity index is 1020. The molecule has 5 nitrogen and oxygen atoms in total. The molecule has 1 aliphatic rings. The van der Waals surface area contributed by atoms with Gasteiger partial charge in [-0.25, -0.2) is 18.4 Å². The van der Waals surface area contributed by atoms with E-state index in [1.807, 2.05) is 53.2 Å². The van der Waals surface area contributed by atoms with Crippen molar-refractivity contribution in [2.24, 2.45) is 4.99 Å². The zero-order valence-corrected chi connectivity index (χ0v) is 13.8. The summed E-state index contributed by atoms with van der Waals surface area (Å²) in [6.07, 6.45) is 4.82. The first kappa shape index (κ1) is 14.8. The van der Waals surface area contributed by atoms with E-state index in [9.17, 15) is 8.42 Å². The second-order valence-electron chi connectivity index (χ2n) is 5.74. The predicted octanol–water partition coefficient (Wildman–Crippen LogP) is 3.01. The summed E-state index contributed by atoms with van der Waals surface area (Å²) >= 11 is 0. The van der Waals surface area contributed by atoms with Gasteiger partial charge < -0.3 is 4.57 Å². The van der Waals surface area contributed by atoms with Gasteiger partial charge in [0.2, 0.25) is 5.95 Å². The van der Waals surface area contributed by atoms with E-state index in [4.69, 9.17) is 0 Å². The summed E-state index contributed by atoms with van der Waals surface area (Å²) < 4.78 is 25.3. The molecular weight excluding hydrogens is 322 g/mol. The van der Waals surface area contributed by atoms with Crippen molar-refractivity contribution >= 4 is 21.5 Å². The molecule has 0 aliphatic carbocycles. The minimum atomic E-state index is -3.21. The Morgan fingerprint density at radius 1 is 1.00 bits per heavy atom. The maximum absolute atomic E-state index is 11.7. The molecule has 0 N–H and O–H groups in total. The second kappa shape index (κ2) is 5.42. The number of aliphatic imine (C=N–C) groups is 1. The third kappa shape index (κ3) is 2.45. The summed E-state index contributed by atoms with van der Waals surface area (Å²) in [6, 6.07) is 16.8. The van der Waals surface area contributed by atoms with Gasteiger partial charge in [-0.3, -0.25) is 0 Å². The first-order chi connectivity index (χ1) is 11.5. The Labute approximate surface area is 140 Å². The average Bonchev–Trinajstić information content (AvgIpc) is 3.15. The molecule has 120 valence electrons. The SMILES string of the molecule is CS(=O)(=O)c1ccc(C2C(c3ccccc3)=Nc3nccn32)cc1. The normalized spacial score (nSPS) is 16.7. The number of benzene rings is 2. The molecule has 0 saturated carbocycles. The molecule has 1 aliphatic heterocycles. The average molecular weight is 337 g/mol. The fraction of sp³-hybridized carbons (Fsp3) is 0.111. The Balaban J connectivity index is 1.82. The Morgan fingerprint density at radius 3 is 2.38 bits per heavy atom. The Hall–Kier alpha value is -2.73. The maximum Gasteiger partial charge on any atom is 0.230 e. The fourth-order valence-corrected chi connectivity index (χ4v) is 3.57. The molecule has 3 aromatic rings. The minimum Gasteiger partial charge on any atom is -0.302 e. The zero-order chi connectivity index (χ0) is 16.7. The van der Waals surface area contributed by atoms with Crippen LogP contribution in [0.5, 0.6) is 0 Å². The van der Waals surface area contributed by atoms with Crippen LogP contribution in [0.2, 0.25) is 0 Å². The van der Waals surface area contributed by atoms with Crippen LogP contribution in [-0.4, -0.2) is 29.9 Å². The van der Waals surface area contributed by atoms with Gasteiger partial charge in [0.25, 0.3) is 0 Å². The molecule has 4 rings (SSSR count). The molecule has 6 heteroatoms. The quantitative estimate of drug-likeness (QED) is 0.738. The highest BCUT2D eigenvalue weighted by atomic mass is 32.2. The summed E-state index contributed by atoms with van der Waals surface area (Å²) in [4.78, 5) is 9.26. The third-order valence-corrected chi connectivity index (χ3v) is 5.23. The molecule has 2 heterocycles. The number of hydrogen-bond acceptors (Lipinski definition) is 4. The van der Waals surface area contributed by atoms with E-state index < -0.39 is 9.84 Å². The van der Waals surface area contributed by atoms with Gasteiger partial charge in [-0.15, -0.1) is 0 Å². The van der Waals surface area contributed by atoms with Crippen molar-refractivity contribution in [3.8, 4) is 0 Å². The van der Waals surface area contributed by atoms with Crippen molar-refractivity contribution in [3.63, 3.8) is 0 Å². The van der Waals surface area contributed by atoms with E-state index in [1.165, 1.54) is 6.26 Å². The number of aromatic nitrogens is 2. The number of hydrogen-bond donors (Lipinski definition) is 0. The minimum absolute atomic E-state index is 0.112. The lowest BCUT2D eigenvalue weighted by molar-refractivity contribution is 0.602. The van der Waals surface area contributed by atoms with E-state index in [0.29, 0.717) is 10.8 Å². The van der Waals surface area contributed by atoms with Gasteiger partial charge in [-0.1, -0.05) is 42.5 Å². The van der Waals surface area contributed by atoms with E-state index in [2.05, 4.69) is 9.98 Å². The Kier molecular flexibility index (Phi) is 3.35.